The first kappa shape index (κ1) is 19.2. The van der Waals surface area contributed by atoms with Crippen molar-refractivity contribution in [3.63, 3.8) is 0 Å². The summed E-state index contributed by atoms with van der Waals surface area (Å²) in [6.45, 7) is 0. The van der Waals surface area contributed by atoms with Gasteiger partial charge in [0.1, 0.15) is 0 Å². The largest absolute Gasteiger partial charge is 0.332 e. The van der Waals surface area contributed by atoms with Crippen LogP contribution in [-0.4, -0.2) is 27.7 Å². The lowest BCUT2D eigenvalue weighted by Gasteiger charge is -2.14. The molecule has 0 spiro atoms. The lowest BCUT2D eigenvalue weighted by molar-refractivity contribution is 0.0684. The smallest absolute Gasteiger partial charge is 0.262 e. The fourth-order valence-electron chi connectivity index (χ4n) is 2.97. The number of rotatable bonds is 5. The van der Waals surface area contributed by atoms with Crippen molar-refractivity contribution in [2.24, 2.45) is 0 Å². The average Bonchev–Trinajstić information content (AvgIpc) is 2.98. The molecule has 0 aromatic heterocycles. The molecule has 5 nitrogen and oxygen atoms in total. The van der Waals surface area contributed by atoms with Gasteiger partial charge < -0.3 is 10.6 Å². The predicted octanol–water partition coefficient (Wildman–Crippen LogP) is 4.84. The minimum atomic E-state index is -0.249. The first-order chi connectivity index (χ1) is 14.1. The summed E-state index contributed by atoms with van der Waals surface area (Å²) in [5.74, 6) is -0.246. The molecule has 0 radical (unpaired) electrons. The van der Waals surface area contributed by atoms with Gasteiger partial charge in [0.25, 0.3) is 11.8 Å². The van der Waals surface area contributed by atoms with Crippen LogP contribution in [0.25, 0.3) is 0 Å². The van der Waals surface area contributed by atoms with Gasteiger partial charge in [-0.15, -0.1) is 11.8 Å². The Labute approximate surface area is 178 Å². The molecule has 2 amide bonds. The molecule has 4 rings (SSSR count). The number of thioether (sulfide) groups is 1. The SMILES string of the molecule is O=C1c2ccccc2C(=O)N1CSc1cccc(NC(=S)Nc2ccccc2)c1. The van der Waals surface area contributed by atoms with Crippen molar-refractivity contribution >= 4 is 52.3 Å². The number of thiocarbonyl (C=S) groups is 1. The van der Waals surface area contributed by atoms with E-state index in [1.807, 2.05) is 54.6 Å². The van der Waals surface area contributed by atoms with Crippen molar-refractivity contribution in [3.05, 3.63) is 90.0 Å². The molecule has 0 saturated carbocycles. The summed E-state index contributed by atoms with van der Waals surface area (Å²) >= 11 is 6.78. The maximum Gasteiger partial charge on any atom is 0.262 e. The van der Waals surface area contributed by atoms with Crippen LogP contribution in [0.2, 0.25) is 0 Å². The molecule has 3 aromatic rings. The monoisotopic (exact) mass is 419 g/mol. The Morgan fingerprint density at radius 2 is 1.38 bits per heavy atom. The second-order valence-corrected chi connectivity index (χ2v) is 7.76. The lowest BCUT2D eigenvalue weighted by atomic mass is 10.1. The molecule has 144 valence electrons. The summed E-state index contributed by atoms with van der Waals surface area (Å²) < 4.78 is 0. The van der Waals surface area contributed by atoms with Crippen LogP contribution < -0.4 is 10.6 Å². The van der Waals surface area contributed by atoms with Crippen molar-refractivity contribution in [2.75, 3.05) is 16.5 Å². The summed E-state index contributed by atoms with van der Waals surface area (Å²) in [4.78, 5) is 27.1. The molecule has 0 atom stereocenters. The summed E-state index contributed by atoms with van der Waals surface area (Å²) in [7, 11) is 0. The van der Waals surface area contributed by atoms with Crippen LogP contribution in [0.5, 0.6) is 0 Å². The van der Waals surface area contributed by atoms with Crippen molar-refractivity contribution in [1.82, 2.24) is 4.90 Å². The van der Waals surface area contributed by atoms with Gasteiger partial charge in [-0.25, -0.2) is 0 Å². The quantitative estimate of drug-likeness (QED) is 0.351. The number of carbonyl (C=O) groups is 2. The van der Waals surface area contributed by atoms with Gasteiger partial charge in [-0.3, -0.25) is 14.5 Å². The molecule has 0 bridgehead atoms. The summed E-state index contributed by atoms with van der Waals surface area (Å²) in [6, 6.07) is 24.2. The van der Waals surface area contributed by atoms with Crippen LogP contribution in [0, 0.1) is 0 Å². The molecule has 29 heavy (non-hydrogen) atoms. The Morgan fingerprint density at radius 3 is 2.07 bits per heavy atom. The van der Waals surface area contributed by atoms with Gasteiger partial charge in [0, 0.05) is 16.3 Å². The molecule has 1 aliphatic heterocycles. The molecule has 0 unspecified atom stereocenters. The maximum absolute atomic E-state index is 12.5. The number of hydrogen-bond donors (Lipinski definition) is 2. The Bertz CT molecular complexity index is 1050. The Balaban J connectivity index is 1.38. The van der Waals surface area contributed by atoms with E-state index in [0.717, 1.165) is 16.3 Å². The summed E-state index contributed by atoms with van der Waals surface area (Å²) in [5.41, 5.74) is 2.66. The van der Waals surface area contributed by atoms with Gasteiger partial charge in [0.2, 0.25) is 0 Å². The minimum Gasteiger partial charge on any atom is -0.332 e. The highest BCUT2D eigenvalue weighted by Gasteiger charge is 2.34. The van der Waals surface area contributed by atoms with Crippen LogP contribution in [-0.2, 0) is 0 Å². The number of para-hydroxylation sites is 1. The first-order valence-corrected chi connectivity index (χ1v) is 10.3. The molecule has 3 aromatic carbocycles. The van der Waals surface area contributed by atoms with E-state index >= 15 is 0 Å². The number of carbonyl (C=O) groups excluding carboxylic acids is 2. The van der Waals surface area contributed by atoms with Crippen molar-refractivity contribution in [2.45, 2.75) is 4.90 Å². The molecule has 1 aliphatic rings. The van der Waals surface area contributed by atoms with Crippen LogP contribution in [0.3, 0.4) is 0 Å². The van der Waals surface area contributed by atoms with Gasteiger partial charge in [-0.2, -0.15) is 0 Å². The van der Waals surface area contributed by atoms with Crippen LogP contribution in [0.1, 0.15) is 20.7 Å². The van der Waals surface area contributed by atoms with Crippen molar-refractivity contribution in [1.29, 1.82) is 0 Å². The molecule has 0 saturated heterocycles. The third kappa shape index (κ3) is 4.31. The molecule has 7 heteroatoms. The van der Waals surface area contributed by atoms with E-state index in [4.69, 9.17) is 12.2 Å². The Kier molecular flexibility index (Phi) is 5.59. The average molecular weight is 420 g/mol. The van der Waals surface area contributed by atoms with Gasteiger partial charge in [-0.05, 0) is 54.7 Å². The number of benzene rings is 3. The number of hydrogen-bond acceptors (Lipinski definition) is 4. The van der Waals surface area contributed by atoms with E-state index in [9.17, 15) is 9.59 Å². The number of amides is 2. The van der Waals surface area contributed by atoms with Crippen molar-refractivity contribution < 1.29 is 9.59 Å². The van der Waals surface area contributed by atoms with Crippen LogP contribution in [0.15, 0.2) is 83.8 Å². The number of anilines is 2. The van der Waals surface area contributed by atoms with E-state index in [0.29, 0.717) is 16.2 Å². The second-order valence-electron chi connectivity index (χ2n) is 6.33. The Hall–Kier alpha value is -3.16. The molecule has 0 fully saturated rings. The van der Waals surface area contributed by atoms with E-state index in [-0.39, 0.29) is 17.7 Å². The predicted molar refractivity (Wildman–Crippen MR) is 120 cm³/mol. The van der Waals surface area contributed by atoms with E-state index in [1.165, 1.54) is 16.7 Å². The fourth-order valence-corrected chi connectivity index (χ4v) is 4.11. The van der Waals surface area contributed by atoms with E-state index in [2.05, 4.69) is 10.6 Å². The Morgan fingerprint density at radius 1 is 0.793 bits per heavy atom. The molecule has 0 aliphatic carbocycles. The first-order valence-electron chi connectivity index (χ1n) is 8.93. The van der Waals surface area contributed by atoms with Crippen LogP contribution >= 0.6 is 24.0 Å². The highest BCUT2D eigenvalue weighted by atomic mass is 32.2. The van der Waals surface area contributed by atoms with E-state index < -0.39 is 0 Å². The third-order valence-electron chi connectivity index (χ3n) is 4.36. The fraction of sp³-hybridized carbons (Fsp3) is 0.0455. The second kappa shape index (κ2) is 8.46. The highest BCUT2D eigenvalue weighted by Crippen LogP contribution is 2.28. The van der Waals surface area contributed by atoms with E-state index in [1.54, 1.807) is 24.3 Å². The minimum absolute atomic E-state index is 0.249. The van der Waals surface area contributed by atoms with Gasteiger partial charge in [0.15, 0.2) is 5.11 Å². The maximum atomic E-state index is 12.5. The highest BCUT2D eigenvalue weighted by molar-refractivity contribution is 7.99. The van der Waals surface area contributed by atoms with Crippen LogP contribution in [0.4, 0.5) is 11.4 Å². The summed E-state index contributed by atoms with van der Waals surface area (Å²) in [6.07, 6.45) is 0. The lowest BCUT2D eigenvalue weighted by Crippen LogP contribution is -2.29. The topological polar surface area (TPSA) is 61.4 Å². The normalized spacial score (nSPS) is 12.6. The van der Waals surface area contributed by atoms with Gasteiger partial charge in [0.05, 0.1) is 17.0 Å². The number of nitrogens with zero attached hydrogens (tertiary/aromatic N) is 1. The standard InChI is InChI=1S/C22H17N3O2S2/c26-20-18-11-4-5-12-19(18)21(27)25(20)14-29-17-10-6-9-16(13-17)24-22(28)23-15-7-2-1-3-8-15/h1-13H,14H2,(H2,23,24,28). The molecular formula is C22H17N3O2S2. The number of fused-ring (bicyclic) bond motifs is 1. The molecule has 2 N–H and O–H groups in total. The van der Waals surface area contributed by atoms with Gasteiger partial charge in [-0.1, -0.05) is 36.4 Å². The number of imide groups is 1. The molecular weight excluding hydrogens is 402 g/mol. The zero-order valence-electron chi connectivity index (χ0n) is 15.3. The summed E-state index contributed by atoms with van der Waals surface area (Å²) in [5, 5.41) is 6.76. The zero-order valence-corrected chi connectivity index (χ0v) is 16.9. The molecule has 1 heterocycles. The number of nitrogens with one attached hydrogen (secondary N) is 2. The van der Waals surface area contributed by atoms with Crippen molar-refractivity contribution in [3.8, 4) is 0 Å². The zero-order chi connectivity index (χ0) is 20.2. The van der Waals surface area contributed by atoms with Gasteiger partial charge >= 0.3 is 0 Å². The third-order valence-corrected chi connectivity index (χ3v) is 5.54.